The van der Waals surface area contributed by atoms with Crippen LogP contribution < -0.4 is 4.72 Å². The van der Waals surface area contributed by atoms with Crippen LogP contribution in [-0.4, -0.2) is 28.2 Å². The predicted octanol–water partition coefficient (Wildman–Crippen LogP) is 2.13. The standard InChI is InChI=1S/C10H14BrNO3S2/c1-7-4-9(16-10(7)11)17(13,14)12-5-8-2-3-15-6-8/h4,8,12H,2-3,5-6H2,1H3. The molecule has 1 aliphatic rings. The van der Waals surface area contributed by atoms with E-state index in [1.165, 1.54) is 11.3 Å². The SMILES string of the molecule is Cc1cc(S(=O)(=O)NCC2CCOC2)sc1Br. The lowest BCUT2D eigenvalue weighted by Gasteiger charge is -2.08. The third-order valence-electron chi connectivity index (χ3n) is 2.69. The molecule has 7 heteroatoms. The Hall–Kier alpha value is 0.0500. The van der Waals surface area contributed by atoms with E-state index in [9.17, 15) is 8.42 Å². The number of aryl methyl sites for hydroxylation is 1. The lowest BCUT2D eigenvalue weighted by Crippen LogP contribution is -2.29. The fraction of sp³-hybridized carbons (Fsp3) is 0.600. The van der Waals surface area contributed by atoms with Crippen LogP contribution >= 0.6 is 27.3 Å². The van der Waals surface area contributed by atoms with E-state index in [-0.39, 0.29) is 0 Å². The number of hydrogen-bond acceptors (Lipinski definition) is 4. The molecule has 0 saturated carbocycles. The summed E-state index contributed by atoms with van der Waals surface area (Å²) in [6.07, 6.45) is 0.926. The van der Waals surface area contributed by atoms with Gasteiger partial charge in [-0.1, -0.05) is 0 Å². The number of nitrogens with one attached hydrogen (secondary N) is 1. The summed E-state index contributed by atoms with van der Waals surface area (Å²) < 4.78 is 33.1. The molecule has 1 atom stereocenters. The zero-order valence-corrected chi connectivity index (χ0v) is 12.6. The first-order valence-corrected chi connectivity index (χ1v) is 8.41. The summed E-state index contributed by atoms with van der Waals surface area (Å²) in [6.45, 7) is 3.72. The molecule has 1 unspecified atom stereocenters. The molecule has 1 aromatic heterocycles. The highest BCUT2D eigenvalue weighted by Gasteiger charge is 2.22. The van der Waals surface area contributed by atoms with Crippen LogP contribution in [0.15, 0.2) is 14.1 Å². The highest BCUT2D eigenvalue weighted by Crippen LogP contribution is 2.30. The van der Waals surface area contributed by atoms with Crippen LogP contribution in [0.3, 0.4) is 0 Å². The molecule has 4 nitrogen and oxygen atoms in total. The Bertz CT molecular complexity index is 472. The Balaban J connectivity index is 2.03. The first-order valence-electron chi connectivity index (χ1n) is 5.32. The molecular weight excluding hydrogens is 326 g/mol. The van der Waals surface area contributed by atoms with Gasteiger partial charge >= 0.3 is 0 Å². The number of rotatable bonds is 4. The van der Waals surface area contributed by atoms with Gasteiger partial charge in [0.05, 0.1) is 10.4 Å². The molecule has 0 radical (unpaired) electrons. The van der Waals surface area contributed by atoms with Crippen LogP contribution in [0.5, 0.6) is 0 Å². The van der Waals surface area contributed by atoms with Gasteiger partial charge in [0.1, 0.15) is 4.21 Å². The van der Waals surface area contributed by atoms with E-state index in [0.717, 1.165) is 22.4 Å². The van der Waals surface area contributed by atoms with Crippen LogP contribution in [0.1, 0.15) is 12.0 Å². The summed E-state index contributed by atoms with van der Waals surface area (Å²) in [5, 5.41) is 0. The highest BCUT2D eigenvalue weighted by molar-refractivity contribution is 9.11. The molecule has 0 amide bonds. The Labute approximate surface area is 114 Å². The second-order valence-electron chi connectivity index (χ2n) is 4.10. The molecule has 1 aliphatic heterocycles. The van der Waals surface area contributed by atoms with E-state index >= 15 is 0 Å². The minimum absolute atomic E-state index is 0.300. The van der Waals surface area contributed by atoms with Gasteiger partial charge in [-0.15, -0.1) is 11.3 Å². The normalized spacial score (nSPS) is 20.9. The number of sulfonamides is 1. The molecule has 0 aromatic carbocycles. The summed E-state index contributed by atoms with van der Waals surface area (Å²) in [6, 6.07) is 1.68. The number of hydrogen-bond donors (Lipinski definition) is 1. The third kappa shape index (κ3) is 3.29. The molecule has 96 valence electrons. The summed E-state index contributed by atoms with van der Waals surface area (Å²) in [5.41, 5.74) is 0.944. The van der Waals surface area contributed by atoms with E-state index in [1.807, 2.05) is 6.92 Å². The average molecular weight is 340 g/mol. The maximum Gasteiger partial charge on any atom is 0.250 e. The molecule has 0 bridgehead atoms. The van der Waals surface area contributed by atoms with Gasteiger partial charge in [-0.2, -0.15) is 0 Å². The topological polar surface area (TPSA) is 55.4 Å². The molecule has 2 rings (SSSR count). The largest absolute Gasteiger partial charge is 0.381 e. The minimum Gasteiger partial charge on any atom is -0.381 e. The molecule has 0 spiro atoms. The van der Waals surface area contributed by atoms with Crippen LogP contribution in [0.25, 0.3) is 0 Å². The minimum atomic E-state index is -3.37. The molecule has 17 heavy (non-hydrogen) atoms. The first kappa shape index (κ1) is 13.5. The Morgan fingerprint density at radius 2 is 2.41 bits per heavy atom. The average Bonchev–Trinajstić information content (AvgIpc) is 2.87. The van der Waals surface area contributed by atoms with Crippen molar-refractivity contribution in [2.75, 3.05) is 19.8 Å². The van der Waals surface area contributed by atoms with Crippen molar-refractivity contribution in [1.29, 1.82) is 0 Å². The van der Waals surface area contributed by atoms with Crippen LogP contribution in [0.4, 0.5) is 0 Å². The van der Waals surface area contributed by atoms with Gasteiger partial charge < -0.3 is 4.74 Å². The molecule has 0 aliphatic carbocycles. The Morgan fingerprint density at radius 3 is 2.94 bits per heavy atom. The van der Waals surface area contributed by atoms with Gasteiger partial charge in [0.25, 0.3) is 0 Å². The van der Waals surface area contributed by atoms with E-state index in [2.05, 4.69) is 20.7 Å². The predicted molar refractivity (Wildman–Crippen MR) is 70.9 cm³/mol. The van der Waals surface area contributed by atoms with Gasteiger partial charge in [-0.05, 0) is 46.8 Å². The van der Waals surface area contributed by atoms with Crippen molar-refractivity contribution >= 4 is 37.3 Å². The van der Waals surface area contributed by atoms with Gasteiger partial charge in [0.2, 0.25) is 10.0 Å². The van der Waals surface area contributed by atoms with Crippen molar-refractivity contribution in [3.63, 3.8) is 0 Å². The van der Waals surface area contributed by atoms with E-state index < -0.39 is 10.0 Å². The Kier molecular flexibility index (Phi) is 4.25. The van der Waals surface area contributed by atoms with Gasteiger partial charge in [-0.25, -0.2) is 13.1 Å². The fourth-order valence-corrected chi connectivity index (χ4v) is 4.99. The zero-order chi connectivity index (χ0) is 12.5. The van der Waals surface area contributed by atoms with Crippen molar-refractivity contribution in [2.24, 2.45) is 5.92 Å². The van der Waals surface area contributed by atoms with Crippen LogP contribution in [0.2, 0.25) is 0 Å². The lowest BCUT2D eigenvalue weighted by molar-refractivity contribution is 0.186. The van der Waals surface area contributed by atoms with E-state index in [0.29, 0.717) is 23.3 Å². The smallest absolute Gasteiger partial charge is 0.250 e. The van der Waals surface area contributed by atoms with Gasteiger partial charge in [0.15, 0.2) is 0 Å². The summed E-state index contributed by atoms with van der Waals surface area (Å²) in [4.78, 5) is 0. The van der Waals surface area contributed by atoms with Crippen LogP contribution in [-0.2, 0) is 14.8 Å². The summed E-state index contributed by atoms with van der Waals surface area (Å²) >= 11 is 4.57. The summed E-state index contributed by atoms with van der Waals surface area (Å²) in [7, 11) is -3.37. The van der Waals surface area contributed by atoms with Crippen molar-refractivity contribution < 1.29 is 13.2 Å². The molecule has 2 heterocycles. The van der Waals surface area contributed by atoms with Crippen LogP contribution in [0, 0.1) is 12.8 Å². The monoisotopic (exact) mass is 339 g/mol. The number of halogens is 1. The van der Waals surface area contributed by atoms with Gasteiger partial charge in [-0.3, -0.25) is 0 Å². The number of thiophene rings is 1. The maximum atomic E-state index is 12.0. The number of ether oxygens (including phenoxy) is 1. The molecule has 1 saturated heterocycles. The fourth-order valence-electron chi connectivity index (χ4n) is 1.61. The maximum absolute atomic E-state index is 12.0. The van der Waals surface area contributed by atoms with E-state index in [4.69, 9.17) is 4.74 Å². The second kappa shape index (κ2) is 5.36. The Morgan fingerprint density at radius 1 is 1.65 bits per heavy atom. The zero-order valence-electron chi connectivity index (χ0n) is 9.40. The van der Waals surface area contributed by atoms with Gasteiger partial charge in [0, 0.05) is 13.2 Å². The molecule has 1 aromatic rings. The molecule has 1 N–H and O–H groups in total. The molecular formula is C10H14BrNO3S2. The highest BCUT2D eigenvalue weighted by atomic mass is 79.9. The van der Waals surface area contributed by atoms with Crippen molar-refractivity contribution in [3.05, 3.63) is 15.4 Å². The molecule has 1 fully saturated rings. The first-order chi connectivity index (χ1) is 7.99. The van der Waals surface area contributed by atoms with Crippen molar-refractivity contribution in [1.82, 2.24) is 4.72 Å². The third-order valence-corrected chi connectivity index (χ3v) is 6.72. The lowest BCUT2D eigenvalue weighted by atomic mass is 10.1. The van der Waals surface area contributed by atoms with Crippen molar-refractivity contribution in [3.8, 4) is 0 Å². The second-order valence-corrected chi connectivity index (χ2v) is 8.47. The summed E-state index contributed by atoms with van der Waals surface area (Å²) in [5.74, 6) is 0.300. The quantitative estimate of drug-likeness (QED) is 0.914. The van der Waals surface area contributed by atoms with Crippen molar-refractivity contribution in [2.45, 2.75) is 17.6 Å². The van der Waals surface area contributed by atoms with E-state index in [1.54, 1.807) is 6.07 Å².